The standard InChI is InChI=1S/C6H11NO3/c1-3-9-6(7)4-10-5(2)8/h7H,3-4H2,1-2H3/p+1. The van der Waals surface area contributed by atoms with Crippen LogP contribution in [-0.4, -0.2) is 25.1 Å². The first-order chi connectivity index (χ1) is 4.66. The van der Waals surface area contributed by atoms with Gasteiger partial charge in [0.1, 0.15) is 0 Å². The minimum atomic E-state index is -0.359. The van der Waals surface area contributed by atoms with E-state index in [0.717, 1.165) is 0 Å². The third-order valence-corrected chi connectivity index (χ3v) is 0.747. The van der Waals surface area contributed by atoms with Gasteiger partial charge in [-0.1, -0.05) is 0 Å². The first kappa shape index (κ1) is 8.94. The second-order valence-corrected chi connectivity index (χ2v) is 1.68. The summed E-state index contributed by atoms with van der Waals surface area (Å²) in [6.45, 7) is 3.66. The van der Waals surface area contributed by atoms with Gasteiger partial charge >= 0.3 is 11.9 Å². The van der Waals surface area contributed by atoms with Crippen LogP contribution in [0.3, 0.4) is 0 Å². The van der Waals surface area contributed by atoms with Gasteiger partial charge in [0.25, 0.3) is 0 Å². The average molecular weight is 146 g/mol. The lowest BCUT2D eigenvalue weighted by Gasteiger charge is -1.98. The molecule has 0 rings (SSSR count). The summed E-state index contributed by atoms with van der Waals surface area (Å²) in [5.74, 6) is -0.125. The number of esters is 1. The number of ether oxygens (including phenoxy) is 2. The summed E-state index contributed by atoms with van der Waals surface area (Å²) in [4.78, 5) is 10.2. The van der Waals surface area contributed by atoms with Crippen molar-refractivity contribution in [3.63, 3.8) is 0 Å². The number of hydrogen-bond donors (Lipinski definition) is 1. The molecule has 0 spiro atoms. The largest absolute Gasteiger partial charge is 0.451 e. The monoisotopic (exact) mass is 146 g/mol. The molecule has 0 bridgehead atoms. The van der Waals surface area contributed by atoms with Crippen LogP contribution in [0, 0.1) is 0 Å². The maximum Gasteiger partial charge on any atom is 0.372 e. The van der Waals surface area contributed by atoms with Gasteiger partial charge in [0.15, 0.2) is 0 Å². The van der Waals surface area contributed by atoms with Crippen LogP contribution in [0.1, 0.15) is 13.8 Å². The van der Waals surface area contributed by atoms with Crippen molar-refractivity contribution in [3.8, 4) is 0 Å². The molecule has 0 amide bonds. The quantitative estimate of drug-likeness (QED) is 0.307. The Morgan fingerprint density at radius 3 is 2.50 bits per heavy atom. The molecule has 0 fully saturated rings. The summed E-state index contributed by atoms with van der Waals surface area (Å²) in [7, 11) is 0. The van der Waals surface area contributed by atoms with Gasteiger partial charge < -0.3 is 9.47 Å². The molecule has 0 unspecified atom stereocenters. The fraction of sp³-hybridized carbons (Fsp3) is 0.667. The van der Waals surface area contributed by atoms with Crippen LogP contribution in [0.5, 0.6) is 0 Å². The maximum atomic E-state index is 10.2. The molecule has 10 heavy (non-hydrogen) atoms. The van der Waals surface area contributed by atoms with E-state index in [9.17, 15) is 4.79 Å². The molecule has 0 aliphatic rings. The average Bonchev–Trinajstić information content (AvgIpc) is 1.85. The number of nitrogens with two attached hydrogens (primary N) is 1. The van der Waals surface area contributed by atoms with E-state index in [1.54, 1.807) is 6.92 Å². The molecule has 0 aromatic heterocycles. The molecule has 58 valence electrons. The smallest absolute Gasteiger partial charge is 0.372 e. The van der Waals surface area contributed by atoms with Crippen LogP contribution in [0.15, 0.2) is 0 Å². The predicted octanol–water partition coefficient (Wildman–Crippen LogP) is -1.26. The Morgan fingerprint density at radius 2 is 2.10 bits per heavy atom. The molecule has 0 aliphatic carbocycles. The van der Waals surface area contributed by atoms with E-state index >= 15 is 0 Å². The van der Waals surface area contributed by atoms with Crippen molar-refractivity contribution in [3.05, 3.63) is 0 Å². The van der Waals surface area contributed by atoms with Crippen LogP contribution >= 0.6 is 0 Å². The van der Waals surface area contributed by atoms with Crippen molar-refractivity contribution in [1.29, 1.82) is 0 Å². The fourth-order valence-electron chi connectivity index (χ4n) is 0.400. The molecule has 0 saturated heterocycles. The highest BCUT2D eigenvalue weighted by Gasteiger charge is 2.03. The first-order valence-electron chi connectivity index (χ1n) is 3.04. The Labute approximate surface area is 59.6 Å². The number of rotatable bonds is 3. The van der Waals surface area contributed by atoms with E-state index in [4.69, 9.17) is 10.1 Å². The molecule has 0 aromatic rings. The van der Waals surface area contributed by atoms with Crippen LogP contribution in [0.2, 0.25) is 0 Å². The van der Waals surface area contributed by atoms with E-state index in [2.05, 4.69) is 4.74 Å². The van der Waals surface area contributed by atoms with Crippen molar-refractivity contribution < 1.29 is 19.7 Å². The van der Waals surface area contributed by atoms with Gasteiger partial charge in [0.05, 0.1) is 6.61 Å². The summed E-state index contributed by atoms with van der Waals surface area (Å²) in [5.41, 5.74) is 0. The van der Waals surface area contributed by atoms with Gasteiger partial charge in [0.2, 0.25) is 6.61 Å². The van der Waals surface area contributed by atoms with E-state index < -0.39 is 0 Å². The van der Waals surface area contributed by atoms with E-state index in [-0.39, 0.29) is 18.5 Å². The van der Waals surface area contributed by atoms with Gasteiger partial charge in [0, 0.05) is 6.92 Å². The minimum Gasteiger partial charge on any atom is -0.451 e. The zero-order valence-corrected chi connectivity index (χ0v) is 6.22. The Hall–Kier alpha value is -1.06. The highest BCUT2D eigenvalue weighted by molar-refractivity contribution is 5.75. The van der Waals surface area contributed by atoms with Gasteiger partial charge in [-0.15, -0.1) is 0 Å². The Balaban J connectivity index is 3.30. The number of carbonyl (C=O) groups is 1. The Bertz CT molecular complexity index is 133. The maximum absolute atomic E-state index is 10.2. The number of hydrogen-bond acceptors (Lipinski definition) is 3. The minimum absolute atomic E-state index is 0.0448. The normalized spacial score (nSPS) is 8.60. The van der Waals surface area contributed by atoms with Crippen molar-refractivity contribution in [2.45, 2.75) is 13.8 Å². The lowest BCUT2D eigenvalue weighted by atomic mass is 10.7. The van der Waals surface area contributed by atoms with E-state index in [1.165, 1.54) is 6.92 Å². The molecule has 4 nitrogen and oxygen atoms in total. The molecular weight excluding hydrogens is 134 g/mol. The SMILES string of the molecule is CCOC(=[NH2+])COC(C)=O. The van der Waals surface area contributed by atoms with Crippen molar-refractivity contribution >= 4 is 11.9 Å². The van der Waals surface area contributed by atoms with Crippen LogP contribution < -0.4 is 5.41 Å². The van der Waals surface area contributed by atoms with Crippen LogP contribution in [0.4, 0.5) is 0 Å². The molecule has 0 radical (unpaired) electrons. The first-order valence-corrected chi connectivity index (χ1v) is 3.04. The zero-order valence-electron chi connectivity index (χ0n) is 6.22. The van der Waals surface area contributed by atoms with Crippen molar-refractivity contribution in [2.24, 2.45) is 0 Å². The lowest BCUT2D eigenvalue weighted by molar-refractivity contribution is -0.157. The lowest BCUT2D eigenvalue weighted by Crippen LogP contribution is -2.44. The fourth-order valence-corrected chi connectivity index (χ4v) is 0.400. The van der Waals surface area contributed by atoms with Crippen LogP contribution in [0.25, 0.3) is 0 Å². The van der Waals surface area contributed by atoms with Gasteiger partial charge in [-0.3, -0.25) is 4.79 Å². The molecule has 0 atom stereocenters. The molecule has 2 N–H and O–H groups in total. The predicted molar refractivity (Wildman–Crippen MR) is 35.2 cm³/mol. The highest BCUT2D eigenvalue weighted by Crippen LogP contribution is 1.78. The van der Waals surface area contributed by atoms with Gasteiger partial charge in [-0.05, 0) is 6.92 Å². The van der Waals surface area contributed by atoms with Gasteiger partial charge in [-0.25, -0.2) is 5.41 Å². The summed E-state index contributed by atoms with van der Waals surface area (Å²) in [6, 6.07) is 0. The summed E-state index contributed by atoms with van der Waals surface area (Å²) >= 11 is 0. The molecule has 0 aliphatic heterocycles. The molecule has 0 heterocycles. The Morgan fingerprint density at radius 1 is 1.50 bits per heavy atom. The topological polar surface area (TPSA) is 61.1 Å². The second kappa shape index (κ2) is 4.78. The second-order valence-electron chi connectivity index (χ2n) is 1.68. The molecule has 4 heteroatoms. The summed E-state index contributed by atoms with van der Waals surface area (Å²) in [6.07, 6.45) is 0. The molecule has 0 aromatic carbocycles. The van der Waals surface area contributed by atoms with E-state index in [1.807, 2.05) is 0 Å². The zero-order chi connectivity index (χ0) is 7.98. The summed E-state index contributed by atoms with van der Waals surface area (Å²) in [5, 5.41) is 5.25. The van der Waals surface area contributed by atoms with Crippen molar-refractivity contribution in [1.82, 2.24) is 0 Å². The van der Waals surface area contributed by atoms with Crippen molar-refractivity contribution in [2.75, 3.05) is 13.2 Å². The Kier molecular flexibility index (Phi) is 4.28. The molecule has 0 saturated carbocycles. The third kappa shape index (κ3) is 5.08. The number of carbonyl (C=O) groups excluding carboxylic acids is 1. The van der Waals surface area contributed by atoms with Crippen LogP contribution in [-0.2, 0) is 14.3 Å². The third-order valence-electron chi connectivity index (χ3n) is 0.747. The summed E-state index contributed by atoms with van der Waals surface area (Å²) < 4.78 is 9.34. The molecular formula is C6H12NO3+. The highest BCUT2D eigenvalue weighted by atomic mass is 16.6. The van der Waals surface area contributed by atoms with Gasteiger partial charge in [-0.2, -0.15) is 0 Å². The van der Waals surface area contributed by atoms with E-state index in [0.29, 0.717) is 6.61 Å².